The number of aromatic nitrogens is 3. The van der Waals surface area contributed by atoms with Gasteiger partial charge in [-0.25, -0.2) is 9.50 Å². The van der Waals surface area contributed by atoms with E-state index in [1.165, 1.54) is 5.56 Å². The summed E-state index contributed by atoms with van der Waals surface area (Å²) in [5.74, 6) is 0.553. The molecule has 0 N–H and O–H groups in total. The van der Waals surface area contributed by atoms with Gasteiger partial charge in [-0.05, 0) is 33.0 Å². The number of fused-ring (bicyclic) bond motifs is 1. The molecule has 0 aliphatic carbocycles. The van der Waals surface area contributed by atoms with Crippen LogP contribution in [0.5, 0.6) is 0 Å². The van der Waals surface area contributed by atoms with E-state index in [9.17, 15) is 0 Å². The fraction of sp³-hybridized carbons (Fsp3) is 0.200. The van der Waals surface area contributed by atoms with Crippen LogP contribution in [0.4, 0.5) is 0 Å². The predicted molar refractivity (Wildman–Crippen MR) is 80.2 cm³/mol. The van der Waals surface area contributed by atoms with E-state index < -0.39 is 0 Å². The molecule has 1 aromatic carbocycles. The van der Waals surface area contributed by atoms with Gasteiger partial charge in [0.25, 0.3) is 0 Å². The first-order chi connectivity index (χ1) is 9.15. The zero-order valence-electron chi connectivity index (χ0n) is 10.8. The molecule has 3 rings (SSSR count). The highest BCUT2D eigenvalue weighted by atomic mass is 79.9. The van der Waals surface area contributed by atoms with Crippen LogP contribution in [-0.4, -0.2) is 14.6 Å². The molecule has 0 aliphatic rings. The van der Waals surface area contributed by atoms with Crippen molar-refractivity contribution in [3.63, 3.8) is 0 Å². The van der Waals surface area contributed by atoms with Crippen LogP contribution < -0.4 is 0 Å². The number of benzene rings is 1. The summed E-state index contributed by atoms with van der Waals surface area (Å²) in [6, 6.07) is 8.61. The third-order valence-corrected chi connectivity index (χ3v) is 3.78. The van der Waals surface area contributed by atoms with E-state index in [-0.39, 0.29) is 0 Å². The highest BCUT2D eigenvalue weighted by molar-refractivity contribution is 9.10. The van der Waals surface area contributed by atoms with E-state index in [0.29, 0.717) is 5.92 Å². The van der Waals surface area contributed by atoms with Crippen molar-refractivity contribution < 1.29 is 0 Å². The molecule has 3 nitrogen and oxygen atoms in total. The first kappa shape index (κ1) is 12.4. The summed E-state index contributed by atoms with van der Waals surface area (Å²) in [5.41, 5.74) is 4.41. The van der Waals surface area contributed by atoms with E-state index in [4.69, 9.17) is 0 Å². The lowest BCUT2D eigenvalue weighted by Crippen LogP contribution is -1.92. The Bertz CT molecular complexity index is 714. The fourth-order valence-electron chi connectivity index (χ4n) is 2.06. The molecule has 0 saturated heterocycles. The molecule has 2 aromatic heterocycles. The number of halogens is 1. The van der Waals surface area contributed by atoms with Crippen LogP contribution in [0.1, 0.15) is 25.3 Å². The zero-order chi connectivity index (χ0) is 13.4. The quantitative estimate of drug-likeness (QED) is 0.706. The topological polar surface area (TPSA) is 30.2 Å². The van der Waals surface area contributed by atoms with Crippen molar-refractivity contribution in [3.05, 3.63) is 52.9 Å². The maximum absolute atomic E-state index is 4.43. The highest BCUT2D eigenvalue weighted by Crippen LogP contribution is 2.23. The average Bonchev–Trinajstić information content (AvgIpc) is 2.80. The van der Waals surface area contributed by atoms with Gasteiger partial charge in [0.05, 0.1) is 10.7 Å². The van der Waals surface area contributed by atoms with Crippen LogP contribution in [0.2, 0.25) is 0 Å². The van der Waals surface area contributed by atoms with Gasteiger partial charge in [0.2, 0.25) is 0 Å². The molecule has 0 unspecified atom stereocenters. The van der Waals surface area contributed by atoms with Gasteiger partial charge in [-0.1, -0.05) is 38.1 Å². The van der Waals surface area contributed by atoms with E-state index in [2.05, 4.69) is 64.1 Å². The summed E-state index contributed by atoms with van der Waals surface area (Å²) in [5, 5.41) is 4.26. The molecule has 3 aromatic rings. The second-order valence-corrected chi connectivity index (χ2v) is 5.73. The van der Waals surface area contributed by atoms with E-state index in [0.717, 1.165) is 21.2 Å². The minimum absolute atomic E-state index is 0.553. The summed E-state index contributed by atoms with van der Waals surface area (Å²) < 4.78 is 2.70. The normalized spacial score (nSPS) is 11.4. The Kier molecular flexibility index (Phi) is 3.11. The zero-order valence-corrected chi connectivity index (χ0v) is 12.4. The van der Waals surface area contributed by atoms with Crippen molar-refractivity contribution in [1.82, 2.24) is 14.6 Å². The van der Waals surface area contributed by atoms with Crippen molar-refractivity contribution >= 4 is 21.6 Å². The number of nitrogens with zero attached hydrogens (tertiary/aromatic N) is 3. The van der Waals surface area contributed by atoms with Gasteiger partial charge in [0.15, 0.2) is 5.65 Å². The molecule has 19 heavy (non-hydrogen) atoms. The average molecular weight is 316 g/mol. The van der Waals surface area contributed by atoms with Crippen molar-refractivity contribution in [1.29, 1.82) is 0 Å². The fourth-order valence-corrected chi connectivity index (χ4v) is 2.43. The summed E-state index contributed by atoms with van der Waals surface area (Å²) in [4.78, 5) is 4.43. The van der Waals surface area contributed by atoms with Gasteiger partial charge in [-0.2, -0.15) is 5.10 Å². The monoisotopic (exact) mass is 315 g/mol. The van der Waals surface area contributed by atoms with Crippen molar-refractivity contribution in [2.75, 3.05) is 0 Å². The van der Waals surface area contributed by atoms with Crippen molar-refractivity contribution in [2.45, 2.75) is 19.8 Å². The third kappa shape index (κ3) is 2.28. The van der Waals surface area contributed by atoms with Crippen LogP contribution in [-0.2, 0) is 0 Å². The minimum atomic E-state index is 0.553. The first-order valence-electron chi connectivity index (χ1n) is 6.24. The number of hydrogen-bond donors (Lipinski definition) is 0. The lowest BCUT2D eigenvalue weighted by molar-refractivity contribution is 0.867. The smallest absolute Gasteiger partial charge is 0.169 e. The van der Waals surface area contributed by atoms with Gasteiger partial charge in [-0.15, -0.1) is 0 Å². The Morgan fingerprint density at radius 3 is 2.47 bits per heavy atom. The Balaban J connectivity index is 2.03. The third-order valence-electron chi connectivity index (χ3n) is 3.22. The molecular formula is C15H14BrN3. The van der Waals surface area contributed by atoms with Crippen LogP contribution in [0.25, 0.3) is 16.8 Å². The Hall–Kier alpha value is -1.68. The Labute approximate surface area is 120 Å². The highest BCUT2D eigenvalue weighted by Gasteiger charge is 2.05. The van der Waals surface area contributed by atoms with Gasteiger partial charge < -0.3 is 0 Å². The van der Waals surface area contributed by atoms with Gasteiger partial charge in [-0.3, -0.25) is 0 Å². The van der Waals surface area contributed by atoms with Gasteiger partial charge >= 0.3 is 0 Å². The maximum Gasteiger partial charge on any atom is 0.169 e. The molecule has 0 saturated carbocycles. The van der Waals surface area contributed by atoms with E-state index in [1.807, 2.05) is 12.4 Å². The molecule has 0 atom stereocenters. The number of rotatable bonds is 2. The van der Waals surface area contributed by atoms with Crippen LogP contribution in [0, 0.1) is 0 Å². The minimum Gasteiger partial charge on any atom is -0.235 e. The molecule has 0 amide bonds. The van der Waals surface area contributed by atoms with Crippen molar-refractivity contribution in [2.24, 2.45) is 0 Å². The standard InChI is InChI=1S/C15H14BrN3/c1-10(2)11-3-5-12(6-4-11)13-7-17-15-14(16)8-18-19(15)9-13/h3-10H,1-2H3. The van der Waals surface area contributed by atoms with Gasteiger partial charge in [0.1, 0.15) is 0 Å². The maximum atomic E-state index is 4.43. The van der Waals surface area contributed by atoms with Crippen LogP contribution in [0.3, 0.4) is 0 Å². The Morgan fingerprint density at radius 2 is 1.79 bits per heavy atom. The van der Waals surface area contributed by atoms with Gasteiger partial charge in [0, 0.05) is 18.0 Å². The SMILES string of the molecule is CC(C)c1ccc(-c2cnc3c(Br)cnn3c2)cc1. The van der Waals surface area contributed by atoms with E-state index in [1.54, 1.807) is 10.7 Å². The summed E-state index contributed by atoms with van der Waals surface area (Å²) in [6.07, 6.45) is 5.64. The molecule has 2 heterocycles. The molecular weight excluding hydrogens is 302 g/mol. The molecule has 96 valence electrons. The lowest BCUT2D eigenvalue weighted by Gasteiger charge is -2.07. The summed E-state index contributed by atoms with van der Waals surface area (Å²) in [6.45, 7) is 4.40. The van der Waals surface area contributed by atoms with E-state index >= 15 is 0 Å². The summed E-state index contributed by atoms with van der Waals surface area (Å²) >= 11 is 3.43. The van der Waals surface area contributed by atoms with Crippen LogP contribution >= 0.6 is 15.9 Å². The molecule has 0 aliphatic heterocycles. The molecule has 0 spiro atoms. The largest absolute Gasteiger partial charge is 0.235 e. The van der Waals surface area contributed by atoms with Crippen LogP contribution in [0.15, 0.2) is 47.3 Å². The molecule has 0 fully saturated rings. The first-order valence-corrected chi connectivity index (χ1v) is 7.03. The molecule has 0 bridgehead atoms. The summed E-state index contributed by atoms with van der Waals surface area (Å²) in [7, 11) is 0. The lowest BCUT2D eigenvalue weighted by atomic mass is 10.00. The molecule has 4 heteroatoms. The predicted octanol–water partition coefficient (Wildman–Crippen LogP) is 4.28. The number of hydrogen-bond acceptors (Lipinski definition) is 2. The second-order valence-electron chi connectivity index (χ2n) is 4.88. The molecule has 0 radical (unpaired) electrons. The second kappa shape index (κ2) is 4.78. The Morgan fingerprint density at radius 1 is 1.05 bits per heavy atom. The van der Waals surface area contributed by atoms with Crippen molar-refractivity contribution in [3.8, 4) is 11.1 Å².